The van der Waals surface area contributed by atoms with Crippen molar-refractivity contribution in [3.63, 3.8) is 0 Å². The van der Waals surface area contributed by atoms with Gasteiger partial charge in [0.05, 0.1) is 6.61 Å². The lowest BCUT2D eigenvalue weighted by molar-refractivity contribution is -0.137. The van der Waals surface area contributed by atoms with E-state index in [-0.39, 0.29) is 11.8 Å². The van der Waals surface area contributed by atoms with E-state index < -0.39 is 11.7 Å². The Labute approximate surface area is 186 Å². The van der Waals surface area contributed by atoms with E-state index in [0.29, 0.717) is 18.0 Å². The quantitative estimate of drug-likeness (QED) is 0.349. The van der Waals surface area contributed by atoms with E-state index in [1.54, 1.807) is 36.4 Å². The summed E-state index contributed by atoms with van der Waals surface area (Å²) in [4.78, 5) is 7.94. The predicted molar refractivity (Wildman–Crippen MR) is 121 cm³/mol. The summed E-state index contributed by atoms with van der Waals surface area (Å²) in [5, 5.41) is 5.73. The van der Waals surface area contributed by atoms with Crippen molar-refractivity contribution in [2.75, 3.05) is 17.2 Å². The summed E-state index contributed by atoms with van der Waals surface area (Å²) in [5.74, 6) is 0.469. The van der Waals surface area contributed by atoms with Gasteiger partial charge in [-0.25, -0.2) is 4.98 Å². The van der Waals surface area contributed by atoms with Crippen LogP contribution in [0.15, 0.2) is 54.7 Å². The Morgan fingerprint density at radius 3 is 2.16 bits per heavy atom. The van der Waals surface area contributed by atoms with Crippen LogP contribution in [-0.4, -0.2) is 16.6 Å². The Balaban J connectivity index is 1.79. The molecule has 0 fully saturated rings. The second kappa shape index (κ2) is 10.8. The Bertz CT molecular complexity index is 990. The summed E-state index contributed by atoms with van der Waals surface area (Å²) in [6.45, 7) is 4.75. The molecule has 0 aliphatic rings. The van der Waals surface area contributed by atoms with E-state index in [0.717, 1.165) is 43.2 Å². The van der Waals surface area contributed by atoms with E-state index >= 15 is 0 Å². The maximum atomic E-state index is 13.5. The zero-order chi connectivity index (χ0) is 23.0. The fraction of sp³-hybridized carbons (Fsp3) is 0.333. The molecule has 0 radical (unpaired) electrons. The van der Waals surface area contributed by atoms with Gasteiger partial charge in [0.2, 0.25) is 5.95 Å². The summed E-state index contributed by atoms with van der Waals surface area (Å²) in [6.07, 6.45) is 0.190. The molecule has 170 valence electrons. The maximum Gasteiger partial charge on any atom is 0.421 e. The fourth-order valence-corrected chi connectivity index (χ4v) is 3.00. The van der Waals surface area contributed by atoms with E-state index in [1.165, 1.54) is 0 Å². The van der Waals surface area contributed by atoms with Gasteiger partial charge in [-0.3, -0.25) is 0 Å². The number of hydrogen-bond donors (Lipinski definition) is 2. The normalized spacial score (nSPS) is 11.3. The minimum Gasteiger partial charge on any atom is -0.494 e. The van der Waals surface area contributed by atoms with Gasteiger partial charge in [-0.1, -0.05) is 32.4 Å². The fourth-order valence-electron chi connectivity index (χ4n) is 3.00. The van der Waals surface area contributed by atoms with Gasteiger partial charge in [0.15, 0.2) is 0 Å². The lowest BCUT2D eigenvalue weighted by atomic mass is 10.1. The molecule has 3 aromatic rings. The van der Waals surface area contributed by atoms with Gasteiger partial charge < -0.3 is 15.4 Å². The van der Waals surface area contributed by atoms with Gasteiger partial charge in [-0.15, -0.1) is 0 Å². The molecule has 0 spiro atoms. The third kappa shape index (κ3) is 6.60. The summed E-state index contributed by atoms with van der Waals surface area (Å²) in [6, 6.07) is 14.4. The lowest BCUT2D eigenvalue weighted by Gasteiger charge is -2.15. The Hall–Kier alpha value is -3.29. The molecule has 0 amide bonds. The highest BCUT2D eigenvalue weighted by atomic mass is 19.4. The molecular weight excluding hydrogens is 417 g/mol. The summed E-state index contributed by atoms with van der Waals surface area (Å²) in [5.41, 5.74) is 1.38. The molecule has 2 N–H and O–H groups in total. The highest BCUT2D eigenvalue weighted by molar-refractivity contribution is 5.63. The molecule has 1 aromatic heterocycles. The number of halogens is 3. The van der Waals surface area contributed by atoms with Gasteiger partial charge in [0, 0.05) is 17.6 Å². The van der Waals surface area contributed by atoms with Crippen LogP contribution in [0.25, 0.3) is 0 Å². The van der Waals surface area contributed by atoms with E-state index in [2.05, 4.69) is 27.5 Å². The topological polar surface area (TPSA) is 59.1 Å². The monoisotopic (exact) mass is 444 g/mol. The van der Waals surface area contributed by atoms with Crippen LogP contribution in [0.4, 0.5) is 36.3 Å². The number of unbranched alkanes of at least 4 members (excludes halogenated alkanes) is 1. The number of alkyl halides is 3. The van der Waals surface area contributed by atoms with Crippen LogP contribution < -0.4 is 15.4 Å². The van der Waals surface area contributed by atoms with Crippen molar-refractivity contribution in [1.82, 2.24) is 9.97 Å². The van der Waals surface area contributed by atoms with Crippen LogP contribution in [0.3, 0.4) is 0 Å². The van der Waals surface area contributed by atoms with Gasteiger partial charge in [-0.05, 0) is 61.2 Å². The standard InChI is InChI=1S/C24H27F3N4O/c1-3-5-6-17-7-9-18(10-8-17)29-22-21(24(25,26)27)16-28-23(31-22)30-19-11-13-20(14-12-19)32-15-4-2/h7-14,16H,3-6,15H2,1-2H3,(H2,28,29,30,31). The number of aromatic nitrogens is 2. The van der Waals surface area contributed by atoms with E-state index in [1.807, 2.05) is 19.1 Å². The van der Waals surface area contributed by atoms with Crippen LogP contribution in [-0.2, 0) is 12.6 Å². The van der Waals surface area contributed by atoms with Crippen molar-refractivity contribution >= 4 is 23.1 Å². The average Bonchev–Trinajstić information content (AvgIpc) is 2.77. The molecule has 1 heterocycles. The molecule has 0 aliphatic heterocycles. The Morgan fingerprint density at radius 1 is 0.875 bits per heavy atom. The highest BCUT2D eigenvalue weighted by Crippen LogP contribution is 2.35. The molecule has 2 aromatic carbocycles. The molecule has 3 rings (SSSR count). The van der Waals surface area contributed by atoms with E-state index in [4.69, 9.17) is 4.74 Å². The van der Waals surface area contributed by atoms with Crippen molar-refractivity contribution in [3.05, 3.63) is 65.9 Å². The van der Waals surface area contributed by atoms with Crippen molar-refractivity contribution in [1.29, 1.82) is 0 Å². The Morgan fingerprint density at radius 2 is 1.53 bits per heavy atom. The van der Waals surface area contributed by atoms with Crippen LogP contribution >= 0.6 is 0 Å². The molecule has 0 unspecified atom stereocenters. The first-order valence-corrected chi connectivity index (χ1v) is 10.7. The SMILES string of the molecule is CCCCc1ccc(Nc2nc(Nc3ccc(OCCC)cc3)ncc2C(F)(F)F)cc1. The van der Waals surface area contributed by atoms with Crippen molar-refractivity contribution in [2.24, 2.45) is 0 Å². The van der Waals surface area contributed by atoms with Gasteiger partial charge in [0.25, 0.3) is 0 Å². The number of nitrogens with zero attached hydrogens (tertiary/aromatic N) is 2. The van der Waals surface area contributed by atoms with Crippen LogP contribution in [0.1, 0.15) is 44.2 Å². The number of rotatable bonds is 10. The Kier molecular flexibility index (Phi) is 7.92. The molecule has 0 aliphatic carbocycles. The first-order valence-electron chi connectivity index (χ1n) is 10.7. The van der Waals surface area contributed by atoms with Crippen LogP contribution in [0, 0.1) is 0 Å². The second-order valence-electron chi connectivity index (χ2n) is 7.38. The van der Waals surface area contributed by atoms with Crippen molar-refractivity contribution in [2.45, 2.75) is 45.7 Å². The maximum absolute atomic E-state index is 13.5. The molecule has 8 heteroatoms. The van der Waals surface area contributed by atoms with Gasteiger partial charge in [0.1, 0.15) is 17.1 Å². The third-order valence-electron chi connectivity index (χ3n) is 4.71. The zero-order valence-electron chi connectivity index (χ0n) is 18.2. The minimum absolute atomic E-state index is 0.0577. The molecule has 0 saturated heterocycles. The first kappa shape index (κ1) is 23.4. The third-order valence-corrected chi connectivity index (χ3v) is 4.71. The number of aryl methyl sites for hydroxylation is 1. The van der Waals surface area contributed by atoms with Gasteiger partial charge >= 0.3 is 6.18 Å². The van der Waals surface area contributed by atoms with Gasteiger partial charge in [-0.2, -0.15) is 18.2 Å². The molecule has 32 heavy (non-hydrogen) atoms. The number of ether oxygens (including phenoxy) is 1. The summed E-state index contributed by atoms with van der Waals surface area (Å²) >= 11 is 0. The van der Waals surface area contributed by atoms with Crippen molar-refractivity contribution < 1.29 is 17.9 Å². The predicted octanol–water partition coefficient (Wildman–Crippen LogP) is 7.11. The van der Waals surface area contributed by atoms with E-state index in [9.17, 15) is 13.2 Å². The molecule has 0 atom stereocenters. The van der Waals surface area contributed by atoms with Crippen molar-refractivity contribution in [3.8, 4) is 5.75 Å². The molecule has 0 saturated carbocycles. The second-order valence-corrected chi connectivity index (χ2v) is 7.38. The van der Waals surface area contributed by atoms with Crippen LogP contribution in [0.5, 0.6) is 5.75 Å². The number of benzene rings is 2. The molecule has 5 nitrogen and oxygen atoms in total. The molecular formula is C24H27F3N4O. The number of hydrogen-bond acceptors (Lipinski definition) is 5. The minimum atomic E-state index is -4.58. The summed E-state index contributed by atoms with van der Waals surface area (Å²) < 4.78 is 46.1. The smallest absolute Gasteiger partial charge is 0.421 e. The average molecular weight is 445 g/mol. The van der Waals surface area contributed by atoms with Crippen LogP contribution in [0.2, 0.25) is 0 Å². The zero-order valence-corrected chi connectivity index (χ0v) is 18.2. The number of nitrogens with one attached hydrogen (secondary N) is 2. The number of anilines is 4. The molecule has 0 bridgehead atoms. The lowest BCUT2D eigenvalue weighted by Crippen LogP contribution is -2.12. The largest absolute Gasteiger partial charge is 0.494 e. The highest BCUT2D eigenvalue weighted by Gasteiger charge is 2.35. The summed E-state index contributed by atoms with van der Waals surface area (Å²) in [7, 11) is 0. The first-order chi connectivity index (χ1) is 15.4.